The Morgan fingerprint density at radius 3 is 2.27 bits per heavy atom. The van der Waals surface area contributed by atoms with Gasteiger partial charge in [0.1, 0.15) is 12.6 Å². The lowest BCUT2D eigenvalue weighted by Crippen LogP contribution is -1.92. The zero-order valence-corrected chi connectivity index (χ0v) is 5.74. The fourth-order valence-electron chi connectivity index (χ4n) is 0.992. The van der Waals surface area contributed by atoms with E-state index in [9.17, 15) is 14.4 Å². The second-order valence-corrected chi connectivity index (χ2v) is 2.16. The molecule has 0 aromatic rings. The predicted octanol–water partition coefficient (Wildman–Crippen LogP) is 0.210. The van der Waals surface area contributed by atoms with Crippen molar-refractivity contribution >= 4 is 18.9 Å². The standard InChI is InChI=1S/C8H6O3/c9-3-6-1-2-7(4-10)8(6)5-11/h1,3-5H,2H2. The Balaban J connectivity index is 3.06. The van der Waals surface area contributed by atoms with E-state index < -0.39 is 0 Å². The summed E-state index contributed by atoms with van der Waals surface area (Å²) in [7, 11) is 0. The normalized spacial score (nSPS) is 16.2. The molecule has 0 aromatic carbocycles. The molecule has 0 atom stereocenters. The second kappa shape index (κ2) is 3.05. The molecule has 0 N–H and O–H groups in total. The van der Waals surface area contributed by atoms with Crippen LogP contribution in [0.25, 0.3) is 0 Å². The van der Waals surface area contributed by atoms with Crippen molar-refractivity contribution in [3.8, 4) is 0 Å². The highest BCUT2D eigenvalue weighted by atomic mass is 16.1. The number of aldehydes is 3. The van der Waals surface area contributed by atoms with E-state index in [1.165, 1.54) is 0 Å². The first-order valence-corrected chi connectivity index (χ1v) is 3.12. The van der Waals surface area contributed by atoms with E-state index in [-0.39, 0.29) is 5.57 Å². The highest BCUT2D eigenvalue weighted by molar-refractivity contribution is 6.02. The zero-order chi connectivity index (χ0) is 8.27. The van der Waals surface area contributed by atoms with E-state index in [0.717, 1.165) is 0 Å². The van der Waals surface area contributed by atoms with E-state index in [2.05, 4.69) is 0 Å². The number of hydrogen-bond donors (Lipinski definition) is 0. The predicted molar refractivity (Wildman–Crippen MR) is 37.9 cm³/mol. The molecule has 0 saturated heterocycles. The molecule has 0 aromatic heterocycles. The van der Waals surface area contributed by atoms with Crippen LogP contribution >= 0.6 is 0 Å². The van der Waals surface area contributed by atoms with Gasteiger partial charge in [0.2, 0.25) is 0 Å². The lowest BCUT2D eigenvalue weighted by atomic mass is 10.1. The van der Waals surface area contributed by atoms with Crippen LogP contribution < -0.4 is 0 Å². The molecule has 0 heterocycles. The lowest BCUT2D eigenvalue weighted by molar-refractivity contribution is -0.107. The van der Waals surface area contributed by atoms with E-state index >= 15 is 0 Å². The quantitative estimate of drug-likeness (QED) is 0.540. The third-order valence-corrected chi connectivity index (χ3v) is 1.59. The molecule has 0 fully saturated rings. The maximum atomic E-state index is 10.3. The molecule has 1 rings (SSSR count). The minimum absolute atomic E-state index is 0.231. The second-order valence-electron chi connectivity index (χ2n) is 2.16. The minimum atomic E-state index is 0.231. The van der Waals surface area contributed by atoms with Crippen molar-refractivity contribution in [2.45, 2.75) is 6.42 Å². The van der Waals surface area contributed by atoms with Crippen LogP contribution in [0.1, 0.15) is 6.42 Å². The van der Waals surface area contributed by atoms with Crippen molar-refractivity contribution in [3.63, 3.8) is 0 Å². The summed E-state index contributed by atoms with van der Waals surface area (Å²) in [6, 6.07) is 0. The van der Waals surface area contributed by atoms with Gasteiger partial charge < -0.3 is 0 Å². The van der Waals surface area contributed by atoms with Crippen LogP contribution in [0, 0.1) is 0 Å². The summed E-state index contributed by atoms with van der Waals surface area (Å²) < 4.78 is 0. The van der Waals surface area contributed by atoms with Crippen LogP contribution in [0.15, 0.2) is 22.8 Å². The van der Waals surface area contributed by atoms with Gasteiger partial charge in [-0.3, -0.25) is 14.4 Å². The maximum absolute atomic E-state index is 10.3. The summed E-state index contributed by atoms with van der Waals surface area (Å²) in [6.07, 6.45) is 3.69. The van der Waals surface area contributed by atoms with Crippen LogP contribution in [0.4, 0.5) is 0 Å². The van der Waals surface area contributed by atoms with Crippen molar-refractivity contribution in [2.75, 3.05) is 0 Å². The van der Waals surface area contributed by atoms with E-state index in [4.69, 9.17) is 0 Å². The molecule has 11 heavy (non-hydrogen) atoms. The Hall–Kier alpha value is -1.51. The number of carbonyl (C=O) groups is 3. The monoisotopic (exact) mass is 150 g/mol. The summed E-state index contributed by atoms with van der Waals surface area (Å²) in [6.45, 7) is 0. The van der Waals surface area contributed by atoms with Crippen LogP contribution in [0.3, 0.4) is 0 Å². The Morgan fingerprint density at radius 1 is 1.09 bits per heavy atom. The molecule has 56 valence electrons. The first kappa shape index (κ1) is 7.60. The number of allylic oxidation sites excluding steroid dienone is 4. The van der Waals surface area contributed by atoms with Gasteiger partial charge in [-0.25, -0.2) is 0 Å². The molecule has 0 spiro atoms. The van der Waals surface area contributed by atoms with Crippen molar-refractivity contribution in [2.24, 2.45) is 0 Å². The first-order chi connectivity index (χ1) is 5.33. The summed E-state index contributed by atoms with van der Waals surface area (Å²) in [5.41, 5.74) is 0.944. The van der Waals surface area contributed by atoms with E-state index in [1.807, 2.05) is 0 Å². The van der Waals surface area contributed by atoms with Gasteiger partial charge >= 0.3 is 0 Å². The Morgan fingerprint density at radius 2 is 1.82 bits per heavy atom. The Kier molecular flexibility index (Phi) is 2.11. The largest absolute Gasteiger partial charge is 0.298 e. The van der Waals surface area contributed by atoms with Crippen LogP contribution in [0.5, 0.6) is 0 Å². The van der Waals surface area contributed by atoms with Gasteiger partial charge in [-0.1, -0.05) is 6.08 Å². The highest BCUT2D eigenvalue weighted by Crippen LogP contribution is 2.21. The van der Waals surface area contributed by atoms with Crippen molar-refractivity contribution in [1.82, 2.24) is 0 Å². The van der Waals surface area contributed by atoms with Crippen LogP contribution in [-0.2, 0) is 14.4 Å². The van der Waals surface area contributed by atoms with Crippen molar-refractivity contribution in [3.05, 3.63) is 22.8 Å². The number of carbonyl (C=O) groups excluding carboxylic acids is 3. The van der Waals surface area contributed by atoms with Gasteiger partial charge in [-0.15, -0.1) is 0 Å². The topological polar surface area (TPSA) is 51.2 Å². The molecule has 0 saturated carbocycles. The van der Waals surface area contributed by atoms with Crippen LogP contribution in [-0.4, -0.2) is 18.9 Å². The molecular formula is C8H6O3. The lowest BCUT2D eigenvalue weighted by Gasteiger charge is -1.90. The van der Waals surface area contributed by atoms with Gasteiger partial charge in [-0.05, 0) is 6.42 Å². The fourth-order valence-corrected chi connectivity index (χ4v) is 0.992. The zero-order valence-electron chi connectivity index (χ0n) is 5.74. The molecule has 0 radical (unpaired) electrons. The maximum Gasteiger partial charge on any atom is 0.151 e. The SMILES string of the molecule is O=CC1=CCC(C=O)=C1C=O. The first-order valence-electron chi connectivity index (χ1n) is 3.12. The number of hydrogen-bond acceptors (Lipinski definition) is 3. The average molecular weight is 150 g/mol. The molecule has 3 heteroatoms. The summed E-state index contributed by atoms with van der Waals surface area (Å²) >= 11 is 0. The molecule has 0 amide bonds. The van der Waals surface area contributed by atoms with E-state index in [1.54, 1.807) is 6.08 Å². The summed E-state index contributed by atoms with van der Waals surface area (Å²) in [5.74, 6) is 0. The molecule has 0 unspecified atom stereocenters. The minimum Gasteiger partial charge on any atom is -0.298 e. The number of rotatable bonds is 3. The molecule has 1 aliphatic rings. The molecular weight excluding hydrogens is 144 g/mol. The fraction of sp³-hybridized carbons (Fsp3) is 0.125. The molecule has 3 nitrogen and oxygen atoms in total. The highest BCUT2D eigenvalue weighted by Gasteiger charge is 2.15. The summed E-state index contributed by atoms with van der Waals surface area (Å²) in [5, 5.41) is 0. The smallest absolute Gasteiger partial charge is 0.151 e. The molecule has 0 bridgehead atoms. The summed E-state index contributed by atoms with van der Waals surface area (Å²) in [4.78, 5) is 30.9. The van der Waals surface area contributed by atoms with E-state index in [0.29, 0.717) is 36.4 Å². The van der Waals surface area contributed by atoms with Gasteiger partial charge in [0.25, 0.3) is 0 Å². The van der Waals surface area contributed by atoms with Gasteiger partial charge in [-0.2, -0.15) is 0 Å². The molecule has 0 aliphatic heterocycles. The van der Waals surface area contributed by atoms with Crippen molar-refractivity contribution in [1.29, 1.82) is 0 Å². The third-order valence-electron chi connectivity index (χ3n) is 1.59. The molecule has 1 aliphatic carbocycles. The van der Waals surface area contributed by atoms with Gasteiger partial charge in [0.15, 0.2) is 6.29 Å². The van der Waals surface area contributed by atoms with Crippen LogP contribution in [0.2, 0.25) is 0 Å². The Bertz CT molecular complexity index is 271. The van der Waals surface area contributed by atoms with Crippen molar-refractivity contribution < 1.29 is 14.4 Å². The average Bonchev–Trinajstić information content (AvgIpc) is 2.45. The Labute approximate surface area is 63.4 Å². The van der Waals surface area contributed by atoms with Gasteiger partial charge in [0, 0.05) is 16.7 Å². The third kappa shape index (κ3) is 1.17. The van der Waals surface area contributed by atoms with Gasteiger partial charge in [0.05, 0.1) is 0 Å².